The van der Waals surface area contributed by atoms with Crippen LogP contribution in [0, 0.1) is 12.8 Å². The van der Waals surface area contributed by atoms with Crippen molar-refractivity contribution in [3.05, 3.63) is 22.2 Å². The fourth-order valence-corrected chi connectivity index (χ4v) is 2.23. The number of hydrogen-bond donors (Lipinski definition) is 2. The molecular weight excluding hydrogens is 308 g/mol. The predicted molar refractivity (Wildman–Crippen MR) is 81.5 cm³/mol. The van der Waals surface area contributed by atoms with Crippen LogP contribution in [0.1, 0.15) is 25.8 Å². The molecule has 1 aromatic rings. The number of halogens is 1. The standard InChI is InChI=1S/C14H21BrN2O2/c1-8(2)11(16)7-13(18)17-14-9(3)5-10(15)6-12(14)19-4/h5-6,8,11H,7,16H2,1-4H3,(H,17,18). The molecule has 1 unspecified atom stereocenters. The molecule has 0 aromatic heterocycles. The van der Waals surface area contributed by atoms with E-state index >= 15 is 0 Å². The van der Waals surface area contributed by atoms with Crippen LogP contribution in [0.15, 0.2) is 16.6 Å². The van der Waals surface area contributed by atoms with Crippen molar-refractivity contribution in [2.24, 2.45) is 11.7 Å². The number of amides is 1. The van der Waals surface area contributed by atoms with Crippen molar-refractivity contribution in [3.63, 3.8) is 0 Å². The third-order valence-electron chi connectivity index (χ3n) is 3.03. The van der Waals surface area contributed by atoms with Crippen LogP contribution in [-0.2, 0) is 4.79 Å². The van der Waals surface area contributed by atoms with Crippen LogP contribution in [0.3, 0.4) is 0 Å². The molecule has 0 spiro atoms. The molecule has 1 aromatic carbocycles. The second-order valence-electron chi connectivity index (χ2n) is 4.96. The Labute approximate surface area is 122 Å². The van der Waals surface area contributed by atoms with Gasteiger partial charge in [0.05, 0.1) is 12.8 Å². The van der Waals surface area contributed by atoms with Gasteiger partial charge in [-0.1, -0.05) is 29.8 Å². The second-order valence-corrected chi connectivity index (χ2v) is 5.88. The van der Waals surface area contributed by atoms with Crippen LogP contribution in [0.5, 0.6) is 5.75 Å². The number of carbonyl (C=O) groups is 1. The second kappa shape index (κ2) is 6.91. The summed E-state index contributed by atoms with van der Waals surface area (Å²) in [6, 6.07) is 3.62. The summed E-state index contributed by atoms with van der Waals surface area (Å²) in [5.74, 6) is 0.821. The predicted octanol–water partition coefficient (Wildman–Crippen LogP) is 3.08. The van der Waals surface area contributed by atoms with Gasteiger partial charge in [0.2, 0.25) is 5.91 Å². The topological polar surface area (TPSA) is 64.3 Å². The largest absolute Gasteiger partial charge is 0.495 e. The van der Waals surface area contributed by atoms with Crippen LogP contribution < -0.4 is 15.8 Å². The number of rotatable bonds is 5. The summed E-state index contributed by atoms with van der Waals surface area (Å²) in [5, 5.41) is 2.88. The van der Waals surface area contributed by atoms with E-state index in [1.54, 1.807) is 7.11 Å². The van der Waals surface area contributed by atoms with E-state index in [0.717, 1.165) is 10.0 Å². The molecular formula is C14H21BrN2O2. The first-order chi connectivity index (χ1) is 8.85. The van der Waals surface area contributed by atoms with E-state index in [1.165, 1.54) is 0 Å². The van der Waals surface area contributed by atoms with Gasteiger partial charge in [-0.25, -0.2) is 0 Å². The SMILES string of the molecule is COc1cc(Br)cc(C)c1NC(=O)CC(N)C(C)C. The van der Waals surface area contributed by atoms with Gasteiger partial charge in [0.15, 0.2) is 0 Å². The number of nitrogens with two attached hydrogens (primary N) is 1. The number of benzene rings is 1. The Morgan fingerprint density at radius 2 is 2.11 bits per heavy atom. The van der Waals surface area contributed by atoms with Gasteiger partial charge in [-0.3, -0.25) is 4.79 Å². The van der Waals surface area contributed by atoms with Gasteiger partial charge in [-0.05, 0) is 30.5 Å². The van der Waals surface area contributed by atoms with Gasteiger partial charge in [-0.2, -0.15) is 0 Å². The molecule has 5 heteroatoms. The molecule has 0 saturated heterocycles. The first kappa shape index (κ1) is 16.0. The van der Waals surface area contributed by atoms with E-state index in [2.05, 4.69) is 21.2 Å². The maximum absolute atomic E-state index is 12.0. The van der Waals surface area contributed by atoms with E-state index in [4.69, 9.17) is 10.5 Å². The lowest BCUT2D eigenvalue weighted by Crippen LogP contribution is -2.31. The maximum atomic E-state index is 12.0. The van der Waals surface area contributed by atoms with Crippen molar-refractivity contribution in [1.29, 1.82) is 0 Å². The zero-order valence-corrected chi connectivity index (χ0v) is 13.4. The Balaban J connectivity index is 2.85. The van der Waals surface area contributed by atoms with E-state index in [1.807, 2.05) is 32.9 Å². The highest BCUT2D eigenvalue weighted by molar-refractivity contribution is 9.10. The molecule has 3 N–H and O–H groups in total. The summed E-state index contributed by atoms with van der Waals surface area (Å²) in [7, 11) is 1.58. The number of ether oxygens (including phenoxy) is 1. The number of carbonyl (C=O) groups excluding carboxylic acids is 1. The Kier molecular flexibility index (Phi) is 5.82. The molecule has 0 aliphatic carbocycles. The molecule has 0 radical (unpaired) electrons. The van der Waals surface area contributed by atoms with Crippen LogP contribution in [0.4, 0.5) is 5.69 Å². The van der Waals surface area contributed by atoms with Crippen molar-refractivity contribution in [1.82, 2.24) is 0 Å². The van der Waals surface area contributed by atoms with Gasteiger partial charge in [-0.15, -0.1) is 0 Å². The highest BCUT2D eigenvalue weighted by Gasteiger charge is 2.16. The van der Waals surface area contributed by atoms with E-state index in [-0.39, 0.29) is 17.9 Å². The van der Waals surface area contributed by atoms with Crippen LogP contribution in [0.2, 0.25) is 0 Å². The minimum Gasteiger partial charge on any atom is -0.495 e. The van der Waals surface area contributed by atoms with E-state index in [9.17, 15) is 4.79 Å². The molecule has 0 fully saturated rings. The first-order valence-corrected chi connectivity index (χ1v) is 7.04. The first-order valence-electron chi connectivity index (χ1n) is 6.24. The molecule has 0 aliphatic heterocycles. The Morgan fingerprint density at radius 1 is 1.47 bits per heavy atom. The van der Waals surface area contributed by atoms with Gasteiger partial charge in [0, 0.05) is 16.9 Å². The number of aryl methyl sites for hydroxylation is 1. The summed E-state index contributed by atoms with van der Waals surface area (Å²) in [4.78, 5) is 12.0. The van der Waals surface area contributed by atoms with Crippen molar-refractivity contribution < 1.29 is 9.53 Å². The fraction of sp³-hybridized carbons (Fsp3) is 0.500. The molecule has 4 nitrogen and oxygen atoms in total. The van der Waals surface area contributed by atoms with E-state index in [0.29, 0.717) is 17.9 Å². The molecule has 1 amide bonds. The summed E-state index contributed by atoms with van der Waals surface area (Å²) in [6.45, 7) is 5.93. The minimum atomic E-state index is -0.137. The highest BCUT2D eigenvalue weighted by atomic mass is 79.9. The number of hydrogen-bond acceptors (Lipinski definition) is 3. The third kappa shape index (κ3) is 4.51. The molecule has 0 heterocycles. The molecule has 1 rings (SSSR count). The number of anilines is 1. The average Bonchev–Trinajstić information content (AvgIpc) is 2.31. The Bertz CT molecular complexity index is 461. The van der Waals surface area contributed by atoms with Gasteiger partial charge in [0.1, 0.15) is 5.75 Å². The summed E-state index contributed by atoms with van der Waals surface area (Å²) < 4.78 is 6.20. The lowest BCUT2D eigenvalue weighted by atomic mass is 10.0. The maximum Gasteiger partial charge on any atom is 0.226 e. The zero-order chi connectivity index (χ0) is 14.6. The van der Waals surface area contributed by atoms with Crippen molar-refractivity contribution in [2.75, 3.05) is 12.4 Å². The number of nitrogens with one attached hydrogen (secondary N) is 1. The highest BCUT2D eigenvalue weighted by Crippen LogP contribution is 2.32. The molecule has 0 saturated carbocycles. The smallest absolute Gasteiger partial charge is 0.226 e. The fourth-order valence-electron chi connectivity index (χ4n) is 1.67. The lowest BCUT2D eigenvalue weighted by Gasteiger charge is -2.17. The quantitative estimate of drug-likeness (QED) is 0.872. The molecule has 1 atom stereocenters. The minimum absolute atomic E-state index is 0.0927. The van der Waals surface area contributed by atoms with Gasteiger partial charge < -0.3 is 15.8 Å². The summed E-state index contributed by atoms with van der Waals surface area (Å²) >= 11 is 3.40. The van der Waals surface area contributed by atoms with Crippen molar-refractivity contribution in [2.45, 2.75) is 33.2 Å². The Hall–Kier alpha value is -1.07. The zero-order valence-electron chi connectivity index (χ0n) is 11.8. The van der Waals surface area contributed by atoms with Crippen molar-refractivity contribution >= 4 is 27.5 Å². The summed E-state index contributed by atoms with van der Waals surface area (Å²) in [5.41, 5.74) is 7.55. The molecule has 106 valence electrons. The Morgan fingerprint density at radius 3 is 2.63 bits per heavy atom. The van der Waals surface area contributed by atoms with Crippen LogP contribution in [-0.4, -0.2) is 19.1 Å². The molecule has 0 bridgehead atoms. The third-order valence-corrected chi connectivity index (χ3v) is 3.48. The van der Waals surface area contributed by atoms with Crippen molar-refractivity contribution in [3.8, 4) is 5.75 Å². The van der Waals surface area contributed by atoms with Gasteiger partial charge >= 0.3 is 0 Å². The molecule has 19 heavy (non-hydrogen) atoms. The molecule has 0 aliphatic rings. The monoisotopic (exact) mass is 328 g/mol. The normalized spacial score (nSPS) is 12.4. The van der Waals surface area contributed by atoms with Crippen LogP contribution >= 0.6 is 15.9 Å². The van der Waals surface area contributed by atoms with Gasteiger partial charge in [0.25, 0.3) is 0 Å². The summed E-state index contributed by atoms with van der Waals surface area (Å²) in [6.07, 6.45) is 0.302. The average molecular weight is 329 g/mol. The van der Waals surface area contributed by atoms with E-state index < -0.39 is 0 Å². The number of methoxy groups -OCH3 is 1. The van der Waals surface area contributed by atoms with Crippen LogP contribution in [0.25, 0.3) is 0 Å². The lowest BCUT2D eigenvalue weighted by molar-refractivity contribution is -0.116.